The van der Waals surface area contributed by atoms with Crippen molar-refractivity contribution < 1.29 is 23.5 Å². The van der Waals surface area contributed by atoms with E-state index in [1.165, 1.54) is 13.4 Å². The molecule has 1 aliphatic heterocycles. The fourth-order valence-corrected chi connectivity index (χ4v) is 4.17. The topological polar surface area (TPSA) is 61.8 Å². The van der Waals surface area contributed by atoms with E-state index in [1.807, 2.05) is 0 Å². The molecule has 23 heavy (non-hydrogen) atoms. The Bertz CT molecular complexity index is 518. The Morgan fingerprint density at radius 2 is 2.00 bits per heavy atom. The first-order chi connectivity index (χ1) is 10.6. The van der Waals surface area contributed by atoms with Gasteiger partial charge in [0.2, 0.25) is 0 Å². The molecule has 130 valence electrons. The summed E-state index contributed by atoms with van der Waals surface area (Å²) < 4.78 is 16.2. The summed E-state index contributed by atoms with van der Waals surface area (Å²) in [6.45, 7) is 11.6. The van der Waals surface area contributed by atoms with Gasteiger partial charge in [-0.15, -0.1) is 0 Å². The molecule has 0 aromatic rings. The summed E-state index contributed by atoms with van der Waals surface area (Å²) in [5, 5.41) is 0.134. The molecular weight excluding hydrogens is 312 g/mol. The fourth-order valence-electron chi connectivity index (χ4n) is 3.11. The molecule has 2 aliphatic rings. The Hall–Kier alpha value is -1.14. The second kappa shape index (κ2) is 6.40. The van der Waals surface area contributed by atoms with Gasteiger partial charge in [-0.2, -0.15) is 0 Å². The molecule has 1 heterocycles. The number of carbonyl (C=O) groups excluding carboxylic acids is 2. The van der Waals surface area contributed by atoms with Crippen LogP contribution in [0.4, 0.5) is 0 Å². The van der Waals surface area contributed by atoms with Crippen molar-refractivity contribution in [3.05, 3.63) is 11.8 Å². The number of ether oxygens (including phenoxy) is 2. The normalized spacial score (nSPS) is 28.0. The van der Waals surface area contributed by atoms with Crippen LogP contribution in [0.2, 0.25) is 18.1 Å². The van der Waals surface area contributed by atoms with Crippen molar-refractivity contribution in [2.24, 2.45) is 17.8 Å². The molecule has 0 amide bonds. The van der Waals surface area contributed by atoms with Crippen LogP contribution in [0.5, 0.6) is 0 Å². The Labute approximate surface area is 139 Å². The maximum Gasteiger partial charge on any atom is 0.337 e. The van der Waals surface area contributed by atoms with Gasteiger partial charge in [0.15, 0.2) is 8.32 Å². The van der Waals surface area contributed by atoms with Crippen LogP contribution in [0.15, 0.2) is 11.8 Å². The van der Waals surface area contributed by atoms with Crippen LogP contribution in [-0.2, 0) is 23.5 Å². The van der Waals surface area contributed by atoms with Crippen LogP contribution in [0.25, 0.3) is 0 Å². The lowest BCUT2D eigenvalue weighted by Gasteiger charge is -2.37. The smallest absolute Gasteiger partial charge is 0.337 e. The Morgan fingerprint density at radius 3 is 2.57 bits per heavy atom. The largest absolute Gasteiger partial charge is 0.466 e. The molecule has 1 aliphatic carbocycles. The summed E-state index contributed by atoms with van der Waals surface area (Å²) in [6.07, 6.45) is 2.94. The summed E-state index contributed by atoms with van der Waals surface area (Å²) in [4.78, 5) is 24.1. The highest BCUT2D eigenvalue weighted by molar-refractivity contribution is 6.74. The fraction of sp³-hybridized carbons (Fsp3) is 0.765. The van der Waals surface area contributed by atoms with E-state index in [9.17, 15) is 9.59 Å². The first kappa shape index (κ1) is 18.2. The van der Waals surface area contributed by atoms with Crippen molar-refractivity contribution in [2.75, 3.05) is 13.7 Å². The van der Waals surface area contributed by atoms with Crippen molar-refractivity contribution in [2.45, 2.75) is 51.7 Å². The van der Waals surface area contributed by atoms with E-state index in [-0.39, 0.29) is 28.8 Å². The number of hydrogen-bond acceptors (Lipinski definition) is 5. The van der Waals surface area contributed by atoms with Gasteiger partial charge < -0.3 is 13.9 Å². The highest BCUT2D eigenvalue weighted by Crippen LogP contribution is 2.46. The van der Waals surface area contributed by atoms with Crippen molar-refractivity contribution in [1.82, 2.24) is 0 Å². The lowest BCUT2D eigenvalue weighted by molar-refractivity contribution is -0.149. The van der Waals surface area contributed by atoms with Gasteiger partial charge in [0, 0.05) is 12.5 Å². The predicted octanol–water partition coefficient (Wildman–Crippen LogP) is 3.26. The molecule has 6 heteroatoms. The number of cyclic esters (lactones) is 1. The van der Waals surface area contributed by atoms with Gasteiger partial charge in [0.1, 0.15) is 6.26 Å². The Morgan fingerprint density at radius 1 is 1.35 bits per heavy atom. The standard InChI is InChI=1S/C17H28O5Si/c1-17(2,3)23(5,6)22-9-11-7-8-12-13(15(18)20-4)10-21-16(19)14(11)12/h10-12,14H,7-9H2,1-6H3. The zero-order chi connectivity index (χ0) is 17.4. The van der Waals surface area contributed by atoms with E-state index in [4.69, 9.17) is 13.9 Å². The maximum atomic E-state index is 12.2. The molecule has 0 aromatic carbocycles. The molecule has 3 atom stereocenters. The summed E-state index contributed by atoms with van der Waals surface area (Å²) >= 11 is 0. The Balaban J connectivity index is 2.09. The summed E-state index contributed by atoms with van der Waals surface area (Å²) in [5.41, 5.74) is 0.479. The molecule has 5 nitrogen and oxygen atoms in total. The lowest BCUT2D eigenvalue weighted by Crippen LogP contribution is -2.43. The van der Waals surface area contributed by atoms with Crippen molar-refractivity contribution in [3.8, 4) is 0 Å². The first-order valence-electron chi connectivity index (χ1n) is 8.21. The van der Waals surface area contributed by atoms with Crippen molar-refractivity contribution >= 4 is 20.3 Å². The third kappa shape index (κ3) is 3.53. The van der Waals surface area contributed by atoms with Crippen molar-refractivity contribution in [3.63, 3.8) is 0 Å². The average molecular weight is 340 g/mol. The molecule has 1 fully saturated rings. The highest BCUT2D eigenvalue weighted by Gasteiger charge is 2.49. The second-order valence-electron chi connectivity index (χ2n) is 8.04. The van der Waals surface area contributed by atoms with Crippen LogP contribution < -0.4 is 0 Å². The second-order valence-corrected chi connectivity index (χ2v) is 12.9. The van der Waals surface area contributed by atoms with Gasteiger partial charge in [-0.05, 0) is 36.9 Å². The third-order valence-corrected chi connectivity index (χ3v) is 10.1. The molecular formula is C17H28O5Si. The Kier molecular flexibility index (Phi) is 5.06. The summed E-state index contributed by atoms with van der Waals surface area (Å²) in [6, 6.07) is 0. The van der Waals surface area contributed by atoms with Gasteiger partial charge in [-0.3, -0.25) is 4.79 Å². The van der Waals surface area contributed by atoms with E-state index in [0.717, 1.165) is 12.8 Å². The number of esters is 2. The summed E-state index contributed by atoms with van der Waals surface area (Å²) in [5.74, 6) is -0.937. The average Bonchev–Trinajstić information content (AvgIpc) is 2.88. The van der Waals surface area contributed by atoms with E-state index < -0.39 is 14.3 Å². The van der Waals surface area contributed by atoms with Gasteiger partial charge in [0.25, 0.3) is 0 Å². The number of fused-ring (bicyclic) bond motifs is 1. The van der Waals surface area contributed by atoms with Gasteiger partial charge in [0.05, 0.1) is 18.6 Å². The molecule has 1 saturated carbocycles. The molecule has 0 radical (unpaired) electrons. The molecule has 0 bridgehead atoms. The van der Waals surface area contributed by atoms with Crippen LogP contribution >= 0.6 is 0 Å². The van der Waals surface area contributed by atoms with Crippen LogP contribution in [0.1, 0.15) is 33.6 Å². The molecule has 0 aromatic heterocycles. The van der Waals surface area contributed by atoms with E-state index in [0.29, 0.717) is 12.2 Å². The highest BCUT2D eigenvalue weighted by atomic mass is 28.4. The third-order valence-electron chi connectivity index (χ3n) is 5.65. The number of rotatable bonds is 4. The van der Waals surface area contributed by atoms with Crippen LogP contribution in [0, 0.1) is 17.8 Å². The van der Waals surface area contributed by atoms with Gasteiger partial charge in [-0.25, -0.2) is 4.79 Å². The summed E-state index contributed by atoms with van der Waals surface area (Å²) in [7, 11) is -0.506. The number of carbonyl (C=O) groups is 2. The SMILES string of the molecule is COC(=O)C1=COC(=O)C2C(CO[Si](C)(C)C(C)(C)C)CCC12. The van der Waals surface area contributed by atoms with Crippen LogP contribution in [-0.4, -0.2) is 34.0 Å². The zero-order valence-electron chi connectivity index (χ0n) is 15.0. The van der Waals surface area contributed by atoms with Crippen molar-refractivity contribution in [1.29, 1.82) is 0 Å². The molecule has 0 saturated heterocycles. The van der Waals surface area contributed by atoms with Gasteiger partial charge in [-0.1, -0.05) is 20.8 Å². The lowest BCUT2D eigenvalue weighted by atomic mass is 9.84. The minimum atomic E-state index is -1.86. The molecule has 2 rings (SSSR count). The van der Waals surface area contributed by atoms with Crippen LogP contribution in [0.3, 0.4) is 0 Å². The van der Waals surface area contributed by atoms with Gasteiger partial charge >= 0.3 is 11.9 Å². The predicted molar refractivity (Wildman–Crippen MR) is 89.0 cm³/mol. The van der Waals surface area contributed by atoms with E-state index in [1.54, 1.807) is 0 Å². The minimum Gasteiger partial charge on any atom is -0.466 e. The van der Waals surface area contributed by atoms with E-state index >= 15 is 0 Å². The first-order valence-corrected chi connectivity index (χ1v) is 11.1. The molecule has 0 N–H and O–H groups in total. The minimum absolute atomic E-state index is 0.100. The maximum absolute atomic E-state index is 12.2. The zero-order valence-corrected chi connectivity index (χ0v) is 16.0. The number of hydrogen-bond donors (Lipinski definition) is 0. The molecule has 3 unspecified atom stereocenters. The number of methoxy groups -OCH3 is 1. The molecule has 0 spiro atoms. The van der Waals surface area contributed by atoms with E-state index in [2.05, 4.69) is 33.9 Å². The monoisotopic (exact) mass is 340 g/mol. The quantitative estimate of drug-likeness (QED) is 0.580.